The maximum Gasteiger partial charge on any atom is 0.325 e. The number of para-hydroxylation sites is 1. The van der Waals surface area contributed by atoms with Gasteiger partial charge in [0.15, 0.2) is 0 Å². The van der Waals surface area contributed by atoms with E-state index >= 15 is 0 Å². The lowest BCUT2D eigenvalue weighted by atomic mass is 9.80. The third-order valence-electron chi connectivity index (χ3n) is 4.92. The van der Waals surface area contributed by atoms with E-state index < -0.39 is 17.7 Å². The van der Waals surface area contributed by atoms with E-state index in [2.05, 4.69) is 5.32 Å². The van der Waals surface area contributed by atoms with Crippen LogP contribution in [-0.2, 0) is 16.8 Å². The molecule has 1 fully saturated rings. The van der Waals surface area contributed by atoms with E-state index in [0.717, 1.165) is 28.2 Å². The predicted octanol–water partition coefficient (Wildman–Crippen LogP) is 2.27. The lowest BCUT2D eigenvalue weighted by Gasteiger charge is -2.31. The molecule has 0 bridgehead atoms. The van der Waals surface area contributed by atoms with Gasteiger partial charge in [0.25, 0.3) is 5.91 Å². The lowest BCUT2D eigenvalue weighted by molar-refractivity contribution is -0.133. The zero-order valence-corrected chi connectivity index (χ0v) is 15.0. The van der Waals surface area contributed by atoms with E-state index in [1.807, 2.05) is 29.6 Å². The zero-order chi connectivity index (χ0) is 18.1. The summed E-state index contributed by atoms with van der Waals surface area (Å²) in [4.78, 5) is 27.8. The first-order chi connectivity index (χ1) is 12.6. The summed E-state index contributed by atoms with van der Waals surface area (Å²) in [5, 5.41) is 15.1. The molecular formula is C19H20N2O4S. The summed E-state index contributed by atoms with van der Waals surface area (Å²) in [7, 11) is 0. The van der Waals surface area contributed by atoms with Gasteiger partial charge in [-0.2, -0.15) is 0 Å². The molecule has 4 rings (SSSR count). The van der Waals surface area contributed by atoms with Crippen LogP contribution in [0.15, 0.2) is 41.8 Å². The fourth-order valence-electron chi connectivity index (χ4n) is 3.68. The highest BCUT2D eigenvalue weighted by molar-refractivity contribution is 7.10. The van der Waals surface area contributed by atoms with Gasteiger partial charge in [-0.05, 0) is 42.8 Å². The number of hydrogen-bond donors (Lipinski definition) is 2. The molecule has 1 aromatic carbocycles. The molecule has 136 valence electrons. The van der Waals surface area contributed by atoms with Gasteiger partial charge in [0.05, 0.1) is 6.54 Å². The molecule has 0 saturated carbocycles. The molecule has 2 aromatic rings. The van der Waals surface area contributed by atoms with Gasteiger partial charge in [0, 0.05) is 10.4 Å². The van der Waals surface area contributed by atoms with Crippen LogP contribution in [-0.4, -0.2) is 41.2 Å². The number of β-amino-alcohol motifs (C(OH)–C–C–N with tert-alkyl or cyclic N) is 1. The summed E-state index contributed by atoms with van der Waals surface area (Å²) in [5.74, 6) is 0.357. The molecule has 1 aromatic heterocycles. The maximum atomic E-state index is 13.1. The number of thiophene rings is 1. The van der Waals surface area contributed by atoms with Crippen molar-refractivity contribution < 1.29 is 19.4 Å². The maximum absolute atomic E-state index is 13.1. The Morgan fingerprint density at radius 1 is 1.27 bits per heavy atom. The minimum Gasteiger partial charge on any atom is -0.491 e. The lowest BCUT2D eigenvalue weighted by Crippen LogP contribution is -2.46. The highest BCUT2D eigenvalue weighted by Crippen LogP contribution is 2.42. The Morgan fingerprint density at radius 3 is 2.88 bits per heavy atom. The Bertz CT molecular complexity index is 822. The highest BCUT2D eigenvalue weighted by atomic mass is 32.1. The summed E-state index contributed by atoms with van der Waals surface area (Å²) >= 11 is 1.62. The van der Waals surface area contributed by atoms with Gasteiger partial charge >= 0.3 is 6.03 Å². The van der Waals surface area contributed by atoms with Crippen molar-refractivity contribution in [2.45, 2.75) is 30.9 Å². The SMILES string of the molecule is O=C1N[C@@]2(CCCc3sccc32)C(=O)N1C[C@@H](O)COc1ccccc1. The number of urea groups is 1. The van der Waals surface area contributed by atoms with E-state index in [1.54, 1.807) is 23.5 Å². The fraction of sp³-hybridized carbons (Fsp3) is 0.368. The van der Waals surface area contributed by atoms with E-state index in [9.17, 15) is 14.7 Å². The molecule has 0 radical (unpaired) electrons. The number of nitrogens with zero attached hydrogens (tertiary/aromatic N) is 1. The van der Waals surface area contributed by atoms with Crippen molar-refractivity contribution in [2.75, 3.05) is 13.2 Å². The van der Waals surface area contributed by atoms with Gasteiger partial charge in [0.2, 0.25) is 0 Å². The Hall–Kier alpha value is -2.38. The number of rotatable bonds is 5. The third kappa shape index (κ3) is 2.87. The Morgan fingerprint density at radius 2 is 2.08 bits per heavy atom. The van der Waals surface area contributed by atoms with Gasteiger partial charge < -0.3 is 15.2 Å². The molecule has 1 saturated heterocycles. The second-order valence-corrected chi connectivity index (χ2v) is 7.64. The van der Waals surface area contributed by atoms with Crippen molar-refractivity contribution in [2.24, 2.45) is 0 Å². The van der Waals surface area contributed by atoms with Gasteiger partial charge in [-0.15, -0.1) is 11.3 Å². The summed E-state index contributed by atoms with van der Waals surface area (Å²) in [6, 6.07) is 10.6. The second-order valence-electron chi connectivity index (χ2n) is 6.64. The first-order valence-corrected chi connectivity index (χ1v) is 9.55. The molecule has 1 aliphatic carbocycles. The Labute approximate surface area is 155 Å². The number of nitrogens with one attached hydrogen (secondary N) is 1. The molecule has 7 heteroatoms. The van der Waals surface area contributed by atoms with Crippen molar-refractivity contribution in [1.29, 1.82) is 0 Å². The quantitative estimate of drug-likeness (QED) is 0.789. The largest absolute Gasteiger partial charge is 0.491 e. The van der Waals surface area contributed by atoms with Gasteiger partial charge in [-0.1, -0.05) is 18.2 Å². The first-order valence-electron chi connectivity index (χ1n) is 8.67. The molecule has 2 N–H and O–H groups in total. The Kier molecular flexibility index (Phi) is 4.42. The fourth-order valence-corrected chi connectivity index (χ4v) is 4.68. The number of ether oxygens (including phenoxy) is 1. The number of hydrogen-bond acceptors (Lipinski definition) is 5. The van der Waals surface area contributed by atoms with Crippen LogP contribution >= 0.6 is 11.3 Å². The molecule has 3 amide bonds. The molecule has 0 unspecified atom stereocenters. The van der Waals surface area contributed by atoms with Crippen molar-refractivity contribution in [1.82, 2.24) is 10.2 Å². The second kappa shape index (κ2) is 6.74. The smallest absolute Gasteiger partial charge is 0.325 e. The number of fused-ring (bicyclic) bond motifs is 2. The molecule has 2 heterocycles. The molecule has 2 atom stereocenters. The number of carbonyl (C=O) groups is 2. The number of aliphatic hydroxyl groups excluding tert-OH is 1. The number of imide groups is 1. The summed E-state index contributed by atoms with van der Waals surface area (Å²) in [6.07, 6.45) is 1.43. The summed E-state index contributed by atoms with van der Waals surface area (Å²) in [5.41, 5.74) is -0.0605. The summed E-state index contributed by atoms with van der Waals surface area (Å²) in [6.45, 7) is -0.0729. The number of aryl methyl sites for hydroxylation is 1. The average molecular weight is 372 g/mol. The predicted molar refractivity (Wildman–Crippen MR) is 97.1 cm³/mol. The van der Waals surface area contributed by atoms with Gasteiger partial charge in [-0.3, -0.25) is 9.69 Å². The van der Waals surface area contributed by atoms with Crippen LogP contribution in [0, 0.1) is 0 Å². The van der Waals surface area contributed by atoms with Crippen LogP contribution in [0.3, 0.4) is 0 Å². The third-order valence-corrected chi connectivity index (χ3v) is 5.90. The van der Waals surface area contributed by atoms with Crippen molar-refractivity contribution in [3.63, 3.8) is 0 Å². The number of amides is 3. The number of benzene rings is 1. The van der Waals surface area contributed by atoms with Crippen molar-refractivity contribution in [3.05, 3.63) is 52.2 Å². The normalized spacial score (nSPS) is 23.0. The minimum atomic E-state index is -0.968. The Balaban J connectivity index is 1.45. The van der Waals surface area contributed by atoms with Crippen molar-refractivity contribution in [3.8, 4) is 5.75 Å². The van der Waals surface area contributed by atoms with Gasteiger partial charge in [-0.25, -0.2) is 4.79 Å². The van der Waals surface area contributed by atoms with Crippen LogP contribution in [0.5, 0.6) is 5.75 Å². The zero-order valence-electron chi connectivity index (χ0n) is 14.2. The molecule has 1 spiro atoms. The number of aliphatic hydroxyl groups is 1. The first kappa shape index (κ1) is 17.1. The van der Waals surface area contributed by atoms with E-state index in [-0.39, 0.29) is 19.1 Å². The summed E-state index contributed by atoms with van der Waals surface area (Å²) < 4.78 is 5.51. The monoisotopic (exact) mass is 372 g/mol. The van der Waals surface area contributed by atoms with E-state index in [4.69, 9.17) is 4.74 Å². The van der Waals surface area contributed by atoms with Crippen molar-refractivity contribution >= 4 is 23.3 Å². The molecular weight excluding hydrogens is 352 g/mol. The standard InChI is InChI=1S/C19H20N2O4S/c22-13(12-25-14-5-2-1-3-6-14)11-21-17(23)19(20-18(21)24)9-4-7-16-15(19)8-10-26-16/h1-3,5-6,8,10,13,22H,4,7,9,11-12H2,(H,20,24)/t13-,19-/m1/s1. The van der Waals surface area contributed by atoms with Crippen LogP contribution in [0.25, 0.3) is 0 Å². The van der Waals surface area contributed by atoms with E-state index in [1.165, 1.54) is 0 Å². The molecule has 2 aliphatic rings. The minimum absolute atomic E-state index is 0.0117. The van der Waals surface area contributed by atoms with Gasteiger partial charge in [0.1, 0.15) is 24.0 Å². The topological polar surface area (TPSA) is 78.9 Å². The van der Waals surface area contributed by atoms with E-state index in [0.29, 0.717) is 12.2 Å². The molecule has 6 nitrogen and oxygen atoms in total. The van der Waals surface area contributed by atoms with Crippen LogP contribution < -0.4 is 10.1 Å². The molecule has 1 aliphatic heterocycles. The van der Waals surface area contributed by atoms with Crippen LogP contribution in [0.1, 0.15) is 23.3 Å². The molecule has 26 heavy (non-hydrogen) atoms. The average Bonchev–Trinajstić information content (AvgIpc) is 3.22. The number of carbonyl (C=O) groups excluding carboxylic acids is 2. The van der Waals surface area contributed by atoms with Crippen LogP contribution in [0.2, 0.25) is 0 Å². The highest BCUT2D eigenvalue weighted by Gasteiger charge is 2.54. The van der Waals surface area contributed by atoms with Crippen LogP contribution in [0.4, 0.5) is 4.79 Å².